The number of benzene rings is 1. The topological polar surface area (TPSA) is 72.5 Å². The van der Waals surface area contributed by atoms with E-state index in [2.05, 4.69) is 15.6 Å². The normalized spacial score (nSPS) is 17.0. The summed E-state index contributed by atoms with van der Waals surface area (Å²) in [4.78, 5) is 16.2. The summed E-state index contributed by atoms with van der Waals surface area (Å²) < 4.78 is 11.1. The van der Waals surface area contributed by atoms with Crippen LogP contribution in [0.1, 0.15) is 17.7 Å². The predicted octanol–water partition coefficient (Wildman–Crippen LogP) is 1.66. The minimum Gasteiger partial charge on any atom is -0.487 e. The molecule has 2 N–H and O–H groups in total. The molecule has 1 atom stereocenters. The molecule has 25 heavy (non-hydrogen) atoms. The smallest absolute Gasteiger partial charge is 0.221 e. The van der Waals surface area contributed by atoms with Crippen LogP contribution >= 0.6 is 0 Å². The van der Waals surface area contributed by atoms with E-state index in [1.54, 1.807) is 6.20 Å². The van der Waals surface area contributed by atoms with Crippen LogP contribution < -0.4 is 15.4 Å². The van der Waals surface area contributed by atoms with Crippen LogP contribution in [0.2, 0.25) is 0 Å². The van der Waals surface area contributed by atoms with Gasteiger partial charge in [0.1, 0.15) is 12.4 Å². The summed E-state index contributed by atoms with van der Waals surface area (Å²) in [6.07, 6.45) is 2.19. The Morgan fingerprint density at radius 2 is 2.16 bits per heavy atom. The van der Waals surface area contributed by atoms with Gasteiger partial charge in [-0.25, -0.2) is 0 Å². The molecule has 1 aliphatic rings. The van der Waals surface area contributed by atoms with E-state index in [0.717, 1.165) is 23.6 Å². The number of aromatic nitrogens is 1. The molecule has 2 heterocycles. The van der Waals surface area contributed by atoms with Crippen molar-refractivity contribution in [1.82, 2.24) is 15.6 Å². The van der Waals surface area contributed by atoms with E-state index in [9.17, 15) is 4.79 Å². The molecular formula is C19H23N3O3. The number of nitrogens with zero attached hydrogens (tertiary/aromatic N) is 1. The van der Waals surface area contributed by atoms with E-state index in [1.807, 2.05) is 42.5 Å². The first kappa shape index (κ1) is 17.4. The maximum absolute atomic E-state index is 12.0. The highest BCUT2D eigenvalue weighted by atomic mass is 16.5. The van der Waals surface area contributed by atoms with Gasteiger partial charge in [0.2, 0.25) is 5.91 Å². The van der Waals surface area contributed by atoms with Crippen LogP contribution in [0.4, 0.5) is 0 Å². The molecule has 0 saturated carbocycles. The second kappa shape index (κ2) is 9.15. The Hall–Kier alpha value is -2.44. The quantitative estimate of drug-likeness (QED) is 0.801. The number of carbonyl (C=O) groups excluding carboxylic acids is 1. The summed E-state index contributed by atoms with van der Waals surface area (Å²) in [5.41, 5.74) is 1.92. The van der Waals surface area contributed by atoms with Gasteiger partial charge in [-0.3, -0.25) is 9.78 Å². The lowest BCUT2D eigenvalue weighted by Crippen LogP contribution is -2.44. The molecule has 1 aliphatic heterocycles. The highest BCUT2D eigenvalue weighted by Gasteiger charge is 2.16. The number of amides is 1. The third-order valence-electron chi connectivity index (χ3n) is 3.96. The van der Waals surface area contributed by atoms with Crippen molar-refractivity contribution in [2.75, 3.05) is 19.8 Å². The number of carbonyl (C=O) groups is 1. The van der Waals surface area contributed by atoms with Crippen LogP contribution in [0, 0.1) is 0 Å². The molecule has 1 aromatic heterocycles. The van der Waals surface area contributed by atoms with Crippen molar-refractivity contribution in [2.45, 2.75) is 25.6 Å². The molecule has 2 aromatic rings. The van der Waals surface area contributed by atoms with E-state index >= 15 is 0 Å². The fourth-order valence-electron chi connectivity index (χ4n) is 2.59. The fourth-order valence-corrected chi connectivity index (χ4v) is 2.59. The van der Waals surface area contributed by atoms with Crippen molar-refractivity contribution in [1.29, 1.82) is 0 Å². The monoisotopic (exact) mass is 341 g/mol. The van der Waals surface area contributed by atoms with Crippen molar-refractivity contribution in [2.24, 2.45) is 0 Å². The number of nitrogens with one attached hydrogen (secondary N) is 2. The van der Waals surface area contributed by atoms with Crippen molar-refractivity contribution in [3.8, 4) is 5.75 Å². The van der Waals surface area contributed by atoms with Crippen LogP contribution in [-0.4, -0.2) is 36.7 Å². The van der Waals surface area contributed by atoms with Crippen LogP contribution in [-0.2, 0) is 22.7 Å². The van der Waals surface area contributed by atoms with Gasteiger partial charge in [0.05, 0.1) is 18.9 Å². The van der Waals surface area contributed by atoms with Crippen molar-refractivity contribution >= 4 is 5.91 Å². The number of pyridine rings is 1. The molecule has 0 radical (unpaired) electrons. The summed E-state index contributed by atoms with van der Waals surface area (Å²) >= 11 is 0. The third-order valence-corrected chi connectivity index (χ3v) is 3.96. The zero-order valence-electron chi connectivity index (χ0n) is 14.1. The number of hydrogen-bond donors (Lipinski definition) is 2. The zero-order chi connectivity index (χ0) is 17.3. The summed E-state index contributed by atoms with van der Waals surface area (Å²) in [6.45, 7) is 3.06. The van der Waals surface area contributed by atoms with Crippen LogP contribution in [0.15, 0.2) is 48.7 Å². The van der Waals surface area contributed by atoms with Crippen molar-refractivity contribution < 1.29 is 14.3 Å². The Bertz CT molecular complexity index is 655. The van der Waals surface area contributed by atoms with Gasteiger partial charge in [-0.05, 0) is 29.8 Å². The Labute approximate surface area is 147 Å². The number of ether oxygens (including phenoxy) is 2. The second-order valence-corrected chi connectivity index (χ2v) is 5.96. The molecule has 1 saturated heterocycles. The highest BCUT2D eigenvalue weighted by Crippen LogP contribution is 2.13. The molecule has 3 rings (SSSR count). The molecule has 6 heteroatoms. The van der Waals surface area contributed by atoms with Crippen LogP contribution in [0.5, 0.6) is 5.75 Å². The minimum absolute atomic E-state index is 0.0264. The van der Waals surface area contributed by atoms with Crippen LogP contribution in [0.25, 0.3) is 0 Å². The van der Waals surface area contributed by atoms with Gasteiger partial charge in [0.15, 0.2) is 0 Å². The number of rotatable bonds is 7. The Morgan fingerprint density at radius 1 is 1.28 bits per heavy atom. The van der Waals surface area contributed by atoms with Gasteiger partial charge in [0.25, 0.3) is 0 Å². The molecule has 1 fully saturated rings. The molecule has 1 amide bonds. The SMILES string of the molecule is O=C(CC1COCCN1)NCc1ccc(OCc2ccccn2)cc1. The lowest BCUT2D eigenvalue weighted by atomic mass is 10.1. The van der Waals surface area contributed by atoms with Crippen molar-refractivity contribution in [3.05, 3.63) is 59.9 Å². The minimum atomic E-state index is 0.0264. The summed E-state index contributed by atoms with van der Waals surface area (Å²) in [5.74, 6) is 0.808. The second-order valence-electron chi connectivity index (χ2n) is 5.96. The lowest BCUT2D eigenvalue weighted by molar-refractivity contribution is -0.122. The van der Waals surface area contributed by atoms with E-state index in [4.69, 9.17) is 9.47 Å². The predicted molar refractivity (Wildman–Crippen MR) is 94.1 cm³/mol. The summed E-state index contributed by atoms with van der Waals surface area (Å²) in [5, 5.41) is 6.21. The standard InChI is InChI=1S/C19H23N3O3/c23-19(11-17-13-24-10-9-21-17)22-12-15-4-6-18(7-5-15)25-14-16-3-1-2-8-20-16/h1-8,17,21H,9-14H2,(H,22,23). The maximum Gasteiger partial charge on any atom is 0.221 e. The highest BCUT2D eigenvalue weighted by molar-refractivity contribution is 5.76. The molecule has 0 bridgehead atoms. The zero-order valence-corrected chi connectivity index (χ0v) is 14.1. The van der Waals surface area contributed by atoms with E-state index in [-0.39, 0.29) is 11.9 Å². The first-order chi connectivity index (χ1) is 12.3. The average molecular weight is 341 g/mol. The third kappa shape index (κ3) is 5.85. The first-order valence-corrected chi connectivity index (χ1v) is 8.49. The van der Waals surface area contributed by atoms with Crippen LogP contribution in [0.3, 0.4) is 0 Å². The Morgan fingerprint density at radius 3 is 2.88 bits per heavy atom. The van der Waals surface area contributed by atoms with E-state index in [0.29, 0.717) is 32.8 Å². The van der Waals surface area contributed by atoms with Gasteiger partial charge in [-0.1, -0.05) is 18.2 Å². The summed E-state index contributed by atoms with van der Waals surface area (Å²) in [7, 11) is 0. The maximum atomic E-state index is 12.0. The molecule has 6 nitrogen and oxygen atoms in total. The Kier molecular flexibility index (Phi) is 6.36. The van der Waals surface area contributed by atoms with Gasteiger partial charge in [-0.2, -0.15) is 0 Å². The molecule has 132 valence electrons. The van der Waals surface area contributed by atoms with Gasteiger partial charge in [0, 0.05) is 31.7 Å². The van der Waals surface area contributed by atoms with Gasteiger partial charge in [-0.15, -0.1) is 0 Å². The molecular weight excluding hydrogens is 318 g/mol. The van der Waals surface area contributed by atoms with Crippen molar-refractivity contribution in [3.63, 3.8) is 0 Å². The molecule has 0 spiro atoms. The number of morpholine rings is 1. The summed E-state index contributed by atoms with van der Waals surface area (Å²) in [6, 6.07) is 13.6. The molecule has 1 unspecified atom stereocenters. The first-order valence-electron chi connectivity index (χ1n) is 8.49. The van der Waals surface area contributed by atoms with E-state index < -0.39 is 0 Å². The lowest BCUT2D eigenvalue weighted by Gasteiger charge is -2.23. The largest absolute Gasteiger partial charge is 0.487 e. The van der Waals surface area contributed by atoms with Gasteiger partial charge < -0.3 is 20.1 Å². The average Bonchev–Trinajstić information content (AvgIpc) is 2.67. The number of hydrogen-bond acceptors (Lipinski definition) is 5. The van der Waals surface area contributed by atoms with E-state index in [1.165, 1.54) is 0 Å². The molecule has 1 aromatic carbocycles. The van der Waals surface area contributed by atoms with Gasteiger partial charge >= 0.3 is 0 Å². The molecule has 0 aliphatic carbocycles. The Balaban J connectivity index is 1.40. The fraction of sp³-hybridized carbons (Fsp3) is 0.368.